The number of benzene rings is 1. The van der Waals surface area contributed by atoms with Crippen molar-refractivity contribution < 1.29 is 8.42 Å². The van der Waals surface area contributed by atoms with Gasteiger partial charge in [-0.05, 0) is 6.92 Å². The highest BCUT2D eigenvalue weighted by Crippen LogP contribution is 2.25. The van der Waals surface area contributed by atoms with Crippen LogP contribution in [-0.4, -0.2) is 36.7 Å². The number of nitrogens with zero attached hydrogens (tertiary/aromatic N) is 2. The van der Waals surface area contributed by atoms with Crippen molar-refractivity contribution in [2.75, 3.05) is 17.3 Å². The Morgan fingerprint density at radius 1 is 1.26 bits per heavy atom. The molecule has 0 fully saturated rings. The quantitative estimate of drug-likeness (QED) is 0.936. The first kappa shape index (κ1) is 14.0. The fraction of sp³-hybridized carbons (Fsp3) is 0.333. The van der Waals surface area contributed by atoms with Crippen molar-refractivity contribution in [2.24, 2.45) is 0 Å². The van der Waals surface area contributed by atoms with Gasteiger partial charge in [-0.1, -0.05) is 35.9 Å². The highest BCUT2D eigenvalue weighted by atomic mass is 35.5. The van der Waals surface area contributed by atoms with Crippen molar-refractivity contribution in [3.05, 3.63) is 29.4 Å². The predicted molar refractivity (Wildman–Crippen MR) is 77.3 cm³/mol. The Morgan fingerprint density at radius 2 is 1.89 bits per heavy atom. The lowest BCUT2D eigenvalue weighted by molar-refractivity contribution is 0.598. The number of nitrogens with one attached hydrogen (secondary N) is 1. The van der Waals surface area contributed by atoms with Crippen molar-refractivity contribution in [3.63, 3.8) is 0 Å². The molecular formula is C12H14ClN3O2S. The molecule has 1 atom stereocenters. The third-order valence-electron chi connectivity index (χ3n) is 2.58. The minimum absolute atomic E-state index is 0.0334. The van der Waals surface area contributed by atoms with Crippen LogP contribution < -0.4 is 5.32 Å². The lowest BCUT2D eigenvalue weighted by Gasteiger charge is -2.14. The fourth-order valence-corrected chi connectivity index (χ4v) is 3.10. The standard InChI is InChI=1S/C12H14ClN3O2S/c1-8(7-19(2,17)18)14-12-10-6-4-3-5-9(10)11(13)15-16-12/h3-6,8H,7H2,1-2H3,(H,14,16). The Kier molecular flexibility index (Phi) is 3.91. The smallest absolute Gasteiger partial charge is 0.159 e. The highest BCUT2D eigenvalue weighted by molar-refractivity contribution is 7.90. The van der Waals surface area contributed by atoms with E-state index in [1.165, 1.54) is 6.26 Å². The minimum atomic E-state index is -3.04. The zero-order valence-electron chi connectivity index (χ0n) is 10.6. The SMILES string of the molecule is CC(CS(C)(=O)=O)Nc1nnc(Cl)c2ccccc12. The number of hydrogen-bond donors (Lipinski definition) is 1. The van der Waals surface area contributed by atoms with Crippen LogP contribution >= 0.6 is 11.6 Å². The summed E-state index contributed by atoms with van der Waals surface area (Å²) in [5.41, 5.74) is 0. The number of sulfone groups is 1. The summed E-state index contributed by atoms with van der Waals surface area (Å²) in [6.07, 6.45) is 1.21. The molecule has 0 aliphatic carbocycles. The second-order valence-corrected chi connectivity index (χ2v) is 7.07. The normalized spacial score (nSPS) is 13.4. The predicted octanol–water partition coefficient (Wildman–Crippen LogP) is 2.13. The van der Waals surface area contributed by atoms with Crippen molar-refractivity contribution in [2.45, 2.75) is 13.0 Å². The summed E-state index contributed by atoms with van der Waals surface area (Å²) in [5, 5.41) is 12.8. The molecule has 1 aromatic carbocycles. The Bertz CT molecular complexity index is 703. The van der Waals surface area contributed by atoms with Crippen LogP contribution in [0.25, 0.3) is 10.8 Å². The van der Waals surface area contributed by atoms with Gasteiger partial charge in [0.1, 0.15) is 9.84 Å². The molecule has 0 aliphatic rings. The summed E-state index contributed by atoms with van der Waals surface area (Å²) >= 11 is 5.97. The molecule has 0 saturated heterocycles. The molecule has 1 unspecified atom stereocenters. The molecule has 0 bridgehead atoms. The molecule has 0 spiro atoms. The van der Waals surface area contributed by atoms with E-state index in [0.717, 1.165) is 10.8 Å². The molecule has 2 aromatic rings. The zero-order chi connectivity index (χ0) is 14.0. The van der Waals surface area contributed by atoms with E-state index in [1.54, 1.807) is 6.92 Å². The minimum Gasteiger partial charge on any atom is -0.365 e. The summed E-state index contributed by atoms with van der Waals surface area (Å²) in [5.74, 6) is 0.571. The highest BCUT2D eigenvalue weighted by Gasteiger charge is 2.13. The van der Waals surface area contributed by atoms with Crippen LogP contribution in [0.15, 0.2) is 24.3 Å². The first-order valence-corrected chi connectivity index (χ1v) is 8.16. The van der Waals surface area contributed by atoms with Gasteiger partial charge in [-0.25, -0.2) is 8.42 Å². The molecule has 1 aromatic heterocycles. The second kappa shape index (κ2) is 5.30. The number of hydrogen-bond acceptors (Lipinski definition) is 5. The molecule has 19 heavy (non-hydrogen) atoms. The Hall–Kier alpha value is -1.40. The Morgan fingerprint density at radius 3 is 2.53 bits per heavy atom. The molecule has 0 amide bonds. The van der Waals surface area contributed by atoms with E-state index in [9.17, 15) is 8.42 Å². The monoisotopic (exact) mass is 299 g/mol. The van der Waals surface area contributed by atoms with Gasteiger partial charge in [0.15, 0.2) is 11.0 Å². The van der Waals surface area contributed by atoms with Gasteiger partial charge in [0.05, 0.1) is 5.75 Å². The van der Waals surface area contributed by atoms with Crippen molar-refractivity contribution >= 4 is 38.0 Å². The summed E-state index contributed by atoms with van der Waals surface area (Å²) in [4.78, 5) is 0. The Labute approximate surface area is 116 Å². The summed E-state index contributed by atoms with van der Waals surface area (Å²) in [7, 11) is -3.04. The van der Waals surface area contributed by atoms with Gasteiger partial charge in [0, 0.05) is 23.1 Å². The maximum absolute atomic E-state index is 11.3. The molecule has 1 N–H and O–H groups in total. The van der Waals surface area contributed by atoms with Crippen LogP contribution in [-0.2, 0) is 9.84 Å². The van der Waals surface area contributed by atoms with E-state index >= 15 is 0 Å². The number of halogens is 1. The maximum Gasteiger partial charge on any atom is 0.159 e. The second-order valence-electron chi connectivity index (χ2n) is 4.52. The molecule has 5 nitrogen and oxygen atoms in total. The van der Waals surface area contributed by atoms with E-state index in [2.05, 4.69) is 15.5 Å². The van der Waals surface area contributed by atoms with Gasteiger partial charge in [-0.15, -0.1) is 10.2 Å². The van der Waals surface area contributed by atoms with Gasteiger partial charge in [-0.3, -0.25) is 0 Å². The molecule has 0 radical (unpaired) electrons. The number of aromatic nitrogens is 2. The molecule has 102 valence electrons. The largest absolute Gasteiger partial charge is 0.365 e. The summed E-state index contributed by atoms with van der Waals surface area (Å²) in [6, 6.07) is 7.19. The molecule has 7 heteroatoms. The fourth-order valence-electron chi connectivity index (χ4n) is 1.91. The molecule has 1 heterocycles. The average molecular weight is 300 g/mol. The van der Waals surface area contributed by atoms with Gasteiger partial charge in [0.25, 0.3) is 0 Å². The number of anilines is 1. The van der Waals surface area contributed by atoms with Crippen LogP contribution in [0.1, 0.15) is 6.92 Å². The van der Waals surface area contributed by atoms with E-state index in [1.807, 2.05) is 24.3 Å². The average Bonchev–Trinajstić information content (AvgIpc) is 2.31. The van der Waals surface area contributed by atoms with Gasteiger partial charge in [0.2, 0.25) is 0 Å². The van der Waals surface area contributed by atoms with Crippen molar-refractivity contribution in [1.29, 1.82) is 0 Å². The third-order valence-corrected chi connectivity index (χ3v) is 3.96. The van der Waals surface area contributed by atoms with E-state index in [0.29, 0.717) is 11.0 Å². The first-order chi connectivity index (χ1) is 8.87. The van der Waals surface area contributed by atoms with Crippen LogP contribution in [0.3, 0.4) is 0 Å². The van der Waals surface area contributed by atoms with Crippen LogP contribution in [0, 0.1) is 0 Å². The summed E-state index contributed by atoms with van der Waals surface area (Å²) in [6.45, 7) is 1.78. The van der Waals surface area contributed by atoms with E-state index < -0.39 is 9.84 Å². The number of fused-ring (bicyclic) bond motifs is 1. The third kappa shape index (κ3) is 3.54. The summed E-state index contributed by atoms with van der Waals surface area (Å²) < 4.78 is 22.5. The Balaban J connectivity index is 2.34. The molecular weight excluding hydrogens is 286 g/mol. The van der Waals surface area contributed by atoms with Crippen molar-refractivity contribution in [3.8, 4) is 0 Å². The van der Waals surface area contributed by atoms with Crippen molar-refractivity contribution in [1.82, 2.24) is 10.2 Å². The molecule has 0 saturated carbocycles. The lowest BCUT2D eigenvalue weighted by Crippen LogP contribution is -2.25. The lowest BCUT2D eigenvalue weighted by atomic mass is 10.2. The van der Waals surface area contributed by atoms with Crippen LogP contribution in [0.5, 0.6) is 0 Å². The van der Waals surface area contributed by atoms with Crippen LogP contribution in [0.4, 0.5) is 5.82 Å². The zero-order valence-corrected chi connectivity index (χ0v) is 12.2. The topological polar surface area (TPSA) is 72.0 Å². The van der Waals surface area contributed by atoms with Crippen LogP contribution in [0.2, 0.25) is 5.15 Å². The first-order valence-electron chi connectivity index (χ1n) is 5.72. The van der Waals surface area contributed by atoms with Gasteiger partial charge >= 0.3 is 0 Å². The maximum atomic E-state index is 11.3. The van der Waals surface area contributed by atoms with E-state index in [4.69, 9.17) is 11.6 Å². The molecule has 2 rings (SSSR count). The van der Waals surface area contributed by atoms with E-state index in [-0.39, 0.29) is 11.8 Å². The van der Waals surface area contributed by atoms with Gasteiger partial charge in [-0.2, -0.15) is 0 Å². The number of rotatable bonds is 4. The van der Waals surface area contributed by atoms with Gasteiger partial charge < -0.3 is 5.32 Å². The molecule has 0 aliphatic heterocycles.